The maximum Gasteiger partial charge on any atom is 0.310 e. The third-order valence-electron chi connectivity index (χ3n) is 2.36. The van der Waals surface area contributed by atoms with Crippen LogP contribution in [0.4, 0.5) is 0 Å². The number of nitrogens with zero attached hydrogens (tertiary/aromatic N) is 1. The van der Waals surface area contributed by atoms with Crippen LogP contribution in [0.1, 0.15) is 35.5 Å². The quantitative estimate of drug-likeness (QED) is 0.836. The number of aromatic nitrogens is 1. The smallest absolute Gasteiger partial charge is 0.310 e. The van der Waals surface area contributed by atoms with Gasteiger partial charge in [-0.1, -0.05) is 0 Å². The molecule has 0 aromatic carbocycles. The van der Waals surface area contributed by atoms with E-state index in [-0.39, 0.29) is 18.6 Å². The number of fused-ring (bicyclic) bond motifs is 1. The number of carbonyl (C=O) groups is 1. The van der Waals surface area contributed by atoms with Crippen molar-refractivity contribution in [1.29, 1.82) is 0 Å². The van der Waals surface area contributed by atoms with E-state index >= 15 is 0 Å². The first-order chi connectivity index (χ1) is 7.06. The Balaban J connectivity index is 2.26. The van der Waals surface area contributed by atoms with Gasteiger partial charge in [-0.25, -0.2) is 4.98 Å². The van der Waals surface area contributed by atoms with E-state index in [4.69, 9.17) is 9.84 Å². The van der Waals surface area contributed by atoms with Crippen LogP contribution in [0.15, 0.2) is 0 Å². The molecule has 0 amide bonds. The van der Waals surface area contributed by atoms with Gasteiger partial charge in [0, 0.05) is 6.42 Å². The minimum absolute atomic E-state index is 0.0127. The van der Waals surface area contributed by atoms with Crippen molar-refractivity contribution in [2.45, 2.75) is 38.9 Å². The van der Waals surface area contributed by atoms with E-state index in [0.717, 1.165) is 17.0 Å². The van der Waals surface area contributed by atoms with Gasteiger partial charge in [-0.15, -0.1) is 11.3 Å². The van der Waals surface area contributed by atoms with Crippen molar-refractivity contribution in [3.8, 4) is 0 Å². The maximum absolute atomic E-state index is 10.6. The lowest BCUT2D eigenvalue weighted by Crippen LogP contribution is -2.20. The molecule has 1 aliphatic heterocycles. The summed E-state index contributed by atoms with van der Waals surface area (Å²) in [4.78, 5) is 16.0. The van der Waals surface area contributed by atoms with Gasteiger partial charge in [0.15, 0.2) is 0 Å². The van der Waals surface area contributed by atoms with Crippen molar-refractivity contribution in [1.82, 2.24) is 4.98 Å². The summed E-state index contributed by atoms with van der Waals surface area (Å²) in [6.07, 6.45) is 1.02. The number of thiazole rings is 1. The molecule has 2 unspecified atom stereocenters. The number of ether oxygens (including phenoxy) is 1. The lowest BCUT2D eigenvalue weighted by molar-refractivity contribution is -0.136. The summed E-state index contributed by atoms with van der Waals surface area (Å²) < 4.78 is 5.65. The molecular weight excluding hydrogens is 214 g/mol. The van der Waals surface area contributed by atoms with Gasteiger partial charge in [-0.3, -0.25) is 4.79 Å². The molecule has 4 nitrogen and oxygen atoms in total. The first-order valence-corrected chi connectivity index (χ1v) is 5.73. The highest BCUT2D eigenvalue weighted by Crippen LogP contribution is 2.34. The first-order valence-electron chi connectivity index (χ1n) is 4.92. The molecule has 1 aromatic heterocycles. The predicted molar refractivity (Wildman–Crippen MR) is 56.1 cm³/mol. The Kier molecular flexibility index (Phi) is 2.75. The zero-order chi connectivity index (χ0) is 11.0. The second-order valence-corrected chi connectivity index (χ2v) is 4.90. The molecule has 0 saturated carbocycles. The van der Waals surface area contributed by atoms with Crippen LogP contribution < -0.4 is 0 Å². The highest BCUT2D eigenvalue weighted by atomic mass is 32.1. The monoisotopic (exact) mass is 227 g/mol. The molecule has 0 bridgehead atoms. The second kappa shape index (κ2) is 3.90. The van der Waals surface area contributed by atoms with Crippen LogP contribution >= 0.6 is 11.3 Å². The summed E-state index contributed by atoms with van der Waals surface area (Å²) in [7, 11) is 0. The topological polar surface area (TPSA) is 59.4 Å². The molecule has 82 valence electrons. The third kappa shape index (κ3) is 2.18. The van der Waals surface area contributed by atoms with Gasteiger partial charge in [0.25, 0.3) is 0 Å². The Morgan fingerprint density at radius 2 is 2.40 bits per heavy atom. The van der Waals surface area contributed by atoms with Crippen molar-refractivity contribution in [3.63, 3.8) is 0 Å². The fourth-order valence-corrected chi connectivity index (χ4v) is 2.89. The zero-order valence-electron chi connectivity index (χ0n) is 8.69. The fourth-order valence-electron chi connectivity index (χ4n) is 1.81. The van der Waals surface area contributed by atoms with E-state index < -0.39 is 5.97 Å². The Morgan fingerprint density at radius 3 is 3.07 bits per heavy atom. The van der Waals surface area contributed by atoms with Crippen LogP contribution in [0.25, 0.3) is 0 Å². The van der Waals surface area contributed by atoms with Crippen molar-refractivity contribution >= 4 is 17.3 Å². The van der Waals surface area contributed by atoms with E-state index in [1.165, 1.54) is 11.3 Å². The van der Waals surface area contributed by atoms with Crippen LogP contribution in [0.5, 0.6) is 0 Å². The summed E-state index contributed by atoms with van der Waals surface area (Å²) >= 11 is 1.46. The average molecular weight is 227 g/mol. The van der Waals surface area contributed by atoms with E-state index in [1.807, 2.05) is 13.8 Å². The fraction of sp³-hybridized carbons (Fsp3) is 0.600. The first kappa shape index (κ1) is 10.6. The Hall–Kier alpha value is -0.940. The van der Waals surface area contributed by atoms with Gasteiger partial charge >= 0.3 is 5.97 Å². The lowest BCUT2D eigenvalue weighted by atomic mass is 10.1. The van der Waals surface area contributed by atoms with Gasteiger partial charge < -0.3 is 9.84 Å². The predicted octanol–water partition coefficient (Wildman–Crippen LogP) is 1.79. The molecule has 1 aliphatic rings. The van der Waals surface area contributed by atoms with E-state index in [2.05, 4.69) is 4.98 Å². The van der Waals surface area contributed by atoms with Crippen molar-refractivity contribution in [2.24, 2.45) is 0 Å². The standard InChI is InChI=1S/C10H13NO3S/c1-5-3-7-10(6(2)14-5)15-8(11-7)4-9(12)13/h5-6H,3-4H2,1-2H3,(H,12,13). The Bertz CT molecular complexity index is 388. The average Bonchev–Trinajstić information content (AvgIpc) is 2.45. The molecule has 2 atom stereocenters. The second-order valence-electron chi connectivity index (χ2n) is 3.78. The highest BCUT2D eigenvalue weighted by Gasteiger charge is 2.26. The molecule has 2 rings (SSSR count). The Morgan fingerprint density at radius 1 is 1.67 bits per heavy atom. The molecule has 0 saturated heterocycles. The number of carboxylic acid groups (broad SMARTS) is 1. The molecule has 0 spiro atoms. The van der Waals surface area contributed by atoms with E-state index in [9.17, 15) is 4.79 Å². The molecule has 15 heavy (non-hydrogen) atoms. The maximum atomic E-state index is 10.6. The van der Waals surface area contributed by atoms with Gasteiger partial charge in [-0.05, 0) is 13.8 Å². The SMILES string of the molecule is CC1Cc2nc(CC(=O)O)sc2C(C)O1. The molecule has 2 heterocycles. The van der Waals surface area contributed by atoms with Gasteiger partial charge in [0.05, 0.1) is 29.2 Å². The lowest BCUT2D eigenvalue weighted by Gasteiger charge is -2.23. The normalized spacial score (nSPS) is 24.9. The van der Waals surface area contributed by atoms with Gasteiger partial charge in [0.1, 0.15) is 5.01 Å². The molecule has 1 N–H and O–H groups in total. The van der Waals surface area contributed by atoms with Crippen LogP contribution in [0.3, 0.4) is 0 Å². The number of aliphatic carboxylic acids is 1. The summed E-state index contributed by atoms with van der Waals surface area (Å²) in [5.74, 6) is -0.831. The number of carboxylic acids is 1. The van der Waals surface area contributed by atoms with E-state index in [1.54, 1.807) is 0 Å². The van der Waals surface area contributed by atoms with Crippen molar-refractivity contribution < 1.29 is 14.6 Å². The largest absolute Gasteiger partial charge is 0.481 e. The van der Waals surface area contributed by atoms with Gasteiger partial charge in [0.2, 0.25) is 0 Å². The minimum atomic E-state index is -0.831. The number of hydrogen-bond donors (Lipinski definition) is 1. The third-order valence-corrected chi connectivity index (χ3v) is 3.62. The molecule has 0 radical (unpaired) electrons. The summed E-state index contributed by atoms with van der Waals surface area (Å²) in [6.45, 7) is 3.99. The minimum Gasteiger partial charge on any atom is -0.481 e. The zero-order valence-corrected chi connectivity index (χ0v) is 9.50. The molecule has 0 aliphatic carbocycles. The van der Waals surface area contributed by atoms with Gasteiger partial charge in [-0.2, -0.15) is 0 Å². The molecule has 5 heteroatoms. The van der Waals surface area contributed by atoms with E-state index in [0.29, 0.717) is 5.01 Å². The Labute approximate surface area is 91.9 Å². The summed E-state index contributed by atoms with van der Waals surface area (Å²) in [5, 5.41) is 9.36. The van der Waals surface area contributed by atoms with Crippen molar-refractivity contribution in [3.05, 3.63) is 15.6 Å². The van der Waals surface area contributed by atoms with Crippen molar-refractivity contribution in [2.75, 3.05) is 0 Å². The van der Waals surface area contributed by atoms with Crippen LogP contribution in [-0.4, -0.2) is 22.2 Å². The van der Waals surface area contributed by atoms with Crippen LogP contribution in [0.2, 0.25) is 0 Å². The van der Waals surface area contributed by atoms with Crippen LogP contribution in [-0.2, 0) is 22.4 Å². The van der Waals surface area contributed by atoms with Crippen LogP contribution in [0, 0.1) is 0 Å². The number of hydrogen-bond acceptors (Lipinski definition) is 4. The molecule has 0 fully saturated rings. The summed E-state index contributed by atoms with van der Waals surface area (Å²) in [6, 6.07) is 0. The highest BCUT2D eigenvalue weighted by molar-refractivity contribution is 7.11. The molecular formula is C10H13NO3S. The summed E-state index contributed by atoms with van der Waals surface area (Å²) in [5.41, 5.74) is 1.02. The molecule has 1 aromatic rings. The number of rotatable bonds is 2.